The number of para-hydroxylation sites is 1. The Morgan fingerprint density at radius 3 is 2.45 bits per heavy atom. The Kier molecular flexibility index (Phi) is 5.43. The van der Waals surface area contributed by atoms with E-state index in [0.717, 1.165) is 56.5 Å². The Morgan fingerprint density at radius 1 is 1.00 bits per heavy atom. The predicted octanol–water partition coefficient (Wildman–Crippen LogP) is 3.01. The van der Waals surface area contributed by atoms with Crippen molar-refractivity contribution in [2.45, 2.75) is 46.1 Å². The standard InChI is InChI=1S/C23H31N5O/c1-16(2)22-24-17(3)15-21(25-22)26-11-13-27(14-12-26)23(29)18(4)28-10-9-19-7-5-6-8-20(19)28/h5-8,15-16,18H,9-14H2,1-4H3. The molecule has 6 nitrogen and oxygen atoms in total. The fraction of sp³-hybridized carbons (Fsp3) is 0.522. The van der Waals surface area contributed by atoms with Crippen LogP contribution in [0, 0.1) is 6.92 Å². The van der Waals surface area contributed by atoms with Crippen molar-refractivity contribution in [3.05, 3.63) is 47.4 Å². The summed E-state index contributed by atoms with van der Waals surface area (Å²) >= 11 is 0. The molecule has 154 valence electrons. The second-order valence-corrected chi connectivity index (χ2v) is 8.44. The topological polar surface area (TPSA) is 52.6 Å². The average Bonchev–Trinajstić information content (AvgIpc) is 3.16. The molecule has 1 aromatic heterocycles. The molecule has 6 heteroatoms. The summed E-state index contributed by atoms with van der Waals surface area (Å²) in [5, 5.41) is 0. The molecule has 0 aliphatic carbocycles. The molecule has 0 N–H and O–H groups in total. The first-order valence-electron chi connectivity index (χ1n) is 10.7. The molecule has 0 saturated carbocycles. The van der Waals surface area contributed by atoms with Crippen LogP contribution in [0.25, 0.3) is 0 Å². The fourth-order valence-electron chi connectivity index (χ4n) is 4.31. The molecular weight excluding hydrogens is 362 g/mol. The van der Waals surface area contributed by atoms with E-state index in [1.165, 1.54) is 11.3 Å². The van der Waals surface area contributed by atoms with Crippen molar-refractivity contribution < 1.29 is 4.79 Å². The van der Waals surface area contributed by atoms with E-state index in [4.69, 9.17) is 4.98 Å². The van der Waals surface area contributed by atoms with E-state index in [0.29, 0.717) is 5.92 Å². The second kappa shape index (κ2) is 8.01. The van der Waals surface area contributed by atoms with Gasteiger partial charge in [-0.25, -0.2) is 9.97 Å². The van der Waals surface area contributed by atoms with Gasteiger partial charge in [-0.05, 0) is 31.9 Å². The molecule has 2 aromatic rings. The molecule has 29 heavy (non-hydrogen) atoms. The summed E-state index contributed by atoms with van der Waals surface area (Å²) < 4.78 is 0. The van der Waals surface area contributed by atoms with Gasteiger partial charge in [-0.2, -0.15) is 0 Å². The van der Waals surface area contributed by atoms with Gasteiger partial charge >= 0.3 is 0 Å². The number of piperazine rings is 1. The van der Waals surface area contributed by atoms with Crippen LogP contribution >= 0.6 is 0 Å². The third-order valence-electron chi connectivity index (χ3n) is 6.04. The van der Waals surface area contributed by atoms with Gasteiger partial charge in [-0.3, -0.25) is 4.79 Å². The number of fused-ring (bicyclic) bond motifs is 1. The van der Waals surface area contributed by atoms with Crippen molar-refractivity contribution >= 4 is 17.4 Å². The van der Waals surface area contributed by atoms with Gasteiger partial charge < -0.3 is 14.7 Å². The number of aromatic nitrogens is 2. The van der Waals surface area contributed by atoms with Crippen molar-refractivity contribution in [2.24, 2.45) is 0 Å². The zero-order valence-electron chi connectivity index (χ0n) is 17.9. The largest absolute Gasteiger partial charge is 0.359 e. The molecule has 1 fully saturated rings. The normalized spacial score (nSPS) is 17.6. The van der Waals surface area contributed by atoms with E-state index in [1.54, 1.807) is 0 Å². The first-order chi connectivity index (χ1) is 13.9. The van der Waals surface area contributed by atoms with Crippen LogP contribution in [0.4, 0.5) is 11.5 Å². The van der Waals surface area contributed by atoms with Gasteiger partial charge in [0, 0.05) is 56.1 Å². The molecule has 1 saturated heterocycles. The maximum atomic E-state index is 13.2. The number of anilines is 2. The Morgan fingerprint density at radius 2 is 1.72 bits per heavy atom. The summed E-state index contributed by atoms with van der Waals surface area (Å²) in [7, 11) is 0. The first-order valence-corrected chi connectivity index (χ1v) is 10.7. The van der Waals surface area contributed by atoms with Crippen LogP contribution < -0.4 is 9.80 Å². The third-order valence-corrected chi connectivity index (χ3v) is 6.04. The summed E-state index contributed by atoms with van der Waals surface area (Å²) in [6.07, 6.45) is 1.02. The first kappa shape index (κ1) is 19.7. The molecule has 0 spiro atoms. The molecule has 1 unspecified atom stereocenters. The molecule has 0 bridgehead atoms. The van der Waals surface area contributed by atoms with Gasteiger partial charge in [0.05, 0.1) is 0 Å². The Hall–Kier alpha value is -2.63. The molecule has 1 amide bonds. The van der Waals surface area contributed by atoms with E-state index in [-0.39, 0.29) is 11.9 Å². The lowest BCUT2D eigenvalue weighted by Gasteiger charge is -2.38. The van der Waals surface area contributed by atoms with Crippen LogP contribution in [0.2, 0.25) is 0 Å². The predicted molar refractivity (Wildman–Crippen MR) is 117 cm³/mol. The zero-order chi connectivity index (χ0) is 20.5. The van der Waals surface area contributed by atoms with Crippen LogP contribution in [0.1, 0.15) is 43.8 Å². The second-order valence-electron chi connectivity index (χ2n) is 8.44. The van der Waals surface area contributed by atoms with Crippen molar-refractivity contribution in [3.8, 4) is 0 Å². The Labute approximate surface area is 173 Å². The number of carbonyl (C=O) groups excluding carboxylic acids is 1. The smallest absolute Gasteiger partial charge is 0.245 e. The van der Waals surface area contributed by atoms with Crippen LogP contribution in [0.15, 0.2) is 30.3 Å². The average molecular weight is 394 g/mol. The number of aryl methyl sites for hydroxylation is 1. The minimum Gasteiger partial charge on any atom is -0.359 e. The van der Waals surface area contributed by atoms with Gasteiger partial charge in [0.25, 0.3) is 0 Å². The summed E-state index contributed by atoms with van der Waals surface area (Å²) in [5.74, 6) is 2.40. The number of rotatable bonds is 4. The van der Waals surface area contributed by atoms with Crippen LogP contribution in [0.5, 0.6) is 0 Å². The Balaban J connectivity index is 1.40. The van der Waals surface area contributed by atoms with Crippen molar-refractivity contribution in [1.29, 1.82) is 0 Å². The number of benzene rings is 1. The summed E-state index contributed by atoms with van der Waals surface area (Å²) in [6, 6.07) is 10.4. The van der Waals surface area contributed by atoms with E-state index >= 15 is 0 Å². The lowest BCUT2D eigenvalue weighted by Crippen LogP contribution is -2.54. The van der Waals surface area contributed by atoms with Gasteiger partial charge in [-0.15, -0.1) is 0 Å². The highest BCUT2D eigenvalue weighted by atomic mass is 16.2. The van der Waals surface area contributed by atoms with Gasteiger partial charge in [0.1, 0.15) is 17.7 Å². The lowest BCUT2D eigenvalue weighted by molar-refractivity contribution is -0.132. The highest BCUT2D eigenvalue weighted by Crippen LogP contribution is 2.30. The zero-order valence-corrected chi connectivity index (χ0v) is 17.9. The lowest BCUT2D eigenvalue weighted by atomic mass is 10.1. The molecule has 3 heterocycles. The number of nitrogens with zero attached hydrogens (tertiary/aromatic N) is 5. The van der Waals surface area contributed by atoms with Gasteiger partial charge in [0.2, 0.25) is 5.91 Å². The fourth-order valence-corrected chi connectivity index (χ4v) is 4.31. The number of amides is 1. The van der Waals surface area contributed by atoms with Crippen molar-refractivity contribution in [1.82, 2.24) is 14.9 Å². The molecule has 4 rings (SSSR count). The Bertz CT molecular complexity index is 889. The molecular formula is C23H31N5O. The van der Waals surface area contributed by atoms with E-state index in [1.807, 2.05) is 24.8 Å². The van der Waals surface area contributed by atoms with Crippen LogP contribution in [-0.2, 0) is 11.2 Å². The van der Waals surface area contributed by atoms with Crippen molar-refractivity contribution in [2.75, 3.05) is 42.5 Å². The minimum absolute atomic E-state index is 0.126. The van der Waals surface area contributed by atoms with E-state index in [2.05, 4.69) is 52.9 Å². The maximum absolute atomic E-state index is 13.2. The highest BCUT2D eigenvalue weighted by molar-refractivity contribution is 5.86. The molecule has 2 aliphatic rings. The minimum atomic E-state index is -0.126. The molecule has 2 aliphatic heterocycles. The number of hydrogen-bond donors (Lipinski definition) is 0. The van der Waals surface area contributed by atoms with Crippen LogP contribution in [0.3, 0.4) is 0 Å². The number of hydrogen-bond acceptors (Lipinski definition) is 5. The summed E-state index contributed by atoms with van der Waals surface area (Å²) in [4.78, 5) is 29.0. The monoisotopic (exact) mass is 393 g/mol. The van der Waals surface area contributed by atoms with Gasteiger partial charge in [0.15, 0.2) is 0 Å². The van der Waals surface area contributed by atoms with Crippen LogP contribution in [-0.4, -0.2) is 59.5 Å². The summed E-state index contributed by atoms with van der Waals surface area (Å²) in [6.45, 7) is 12.3. The summed E-state index contributed by atoms with van der Waals surface area (Å²) in [5.41, 5.74) is 3.56. The maximum Gasteiger partial charge on any atom is 0.245 e. The molecule has 1 atom stereocenters. The van der Waals surface area contributed by atoms with Crippen molar-refractivity contribution in [3.63, 3.8) is 0 Å². The quantitative estimate of drug-likeness (QED) is 0.799. The van der Waals surface area contributed by atoms with E-state index in [9.17, 15) is 4.79 Å². The molecule has 0 radical (unpaired) electrons. The highest BCUT2D eigenvalue weighted by Gasteiger charge is 2.32. The van der Waals surface area contributed by atoms with E-state index < -0.39 is 0 Å². The third kappa shape index (κ3) is 3.93. The van der Waals surface area contributed by atoms with Gasteiger partial charge in [-0.1, -0.05) is 32.0 Å². The SMILES string of the molecule is Cc1cc(N2CCN(C(=O)C(C)N3CCc4ccccc43)CC2)nc(C(C)C)n1. The number of carbonyl (C=O) groups is 1. The molecule has 1 aromatic carbocycles.